The average molecular weight is 306 g/mol. The van der Waals surface area contributed by atoms with Crippen molar-refractivity contribution in [3.63, 3.8) is 0 Å². The van der Waals surface area contributed by atoms with Gasteiger partial charge in [0, 0.05) is 13.1 Å². The molecule has 0 spiro atoms. The summed E-state index contributed by atoms with van der Waals surface area (Å²) in [6.07, 6.45) is 0. The topological polar surface area (TPSA) is 49.8 Å². The molecule has 1 N–H and O–H groups in total. The van der Waals surface area contributed by atoms with E-state index in [1.54, 1.807) is 25.1 Å². The predicted molar refractivity (Wildman–Crippen MR) is 76.3 cm³/mol. The van der Waals surface area contributed by atoms with Crippen molar-refractivity contribution >= 4 is 29.2 Å². The van der Waals surface area contributed by atoms with Gasteiger partial charge in [-0.1, -0.05) is 36.2 Å². The first kappa shape index (κ1) is 16.1. The van der Waals surface area contributed by atoms with E-state index in [9.17, 15) is 4.79 Å². The molecule has 0 saturated carbocycles. The number of hydrogen-bond acceptors (Lipinski definition) is 3. The monoisotopic (exact) mass is 305 g/mol. The second-order valence-electron chi connectivity index (χ2n) is 4.40. The fraction of sp³-hybridized carbons (Fsp3) is 0.462. The Balaban J connectivity index is 2.40. The number of halogens is 2. The molecule has 0 aliphatic carbocycles. The van der Waals surface area contributed by atoms with Crippen LogP contribution in [-0.2, 0) is 4.79 Å². The molecule has 106 valence electrons. The first-order valence-electron chi connectivity index (χ1n) is 5.90. The molecular weight excluding hydrogens is 289 g/mol. The molecule has 0 aliphatic rings. The van der Waals surface area contributed by atoms with Gasteiger partial charge in [0.15, 0.2) is 5.75 Å². The van der Waals surface area contributed by atoms with Gasteiger partial charge in [-0.05, 0) is 19.2 Å². The smallest absolute Gasteiger partial charge is 0.307 e. The van der Waals surface area contributed by atoms with Gasteiger partial charge in [0.1, 0.15) is 6.61 Å². The van der Waals surface area contributed by atoms with Gasteiger partial charge in [0.2, 0.25) is 0 Å². The number of carbonyl (C=O) groups is 1. The lowest BCUT2D eigenvalue weighted by molar-refractivity contribution is -0.141. The maximum absolute atomic E-state index is 10.7. The second-order valence-corrected chi connectivity index (χ2v) is 5.22. The molecule has 0 saturated heterocycles. The molecular formula is C13H17Cl2NO3. The molecule has 1 atom stereocenters. The van der Waals surface area contributed by atoms with E-state index in [0.29, 0.717) is 35.5 Å². The molecule has 0 fully saturated rings. The number of carboxylic acid groups (broad SMARTS) is 1. The lowest BCUT2D eigenvalue weighted by Gasteiger charge is -2.19. The van der Waals surface area contributed by atoms with Crippen LogP contribution in [-0.4, -0.2) is 42.7 Å². The molecule has 0 bridgehead atoms. The van der Waals surface area contributed by atoms with E-state index in [0.717, 1.165) is 0 Å². The number of carboxylic acids is 1. The van der Waals surface area contributed by atoms with Crippen molar-refractivity contribution in [2.24, 2.45) is 5.92 Å². The third-order valence-corrected chi connectivity index (χ3v) is 3.24. The summed E-state index contributed by atoms with van der Waals surface area (Å²) in [6.45, 7) is 3.13. The Labute approximate surface area is 122 Å². The minimum atomic E-state index is -0.804. The number of benzene rings is 1. The van der Waals surface area contributed by atoms with E-state index in [1.807, 2.05) is 11.9 Å². The van der Waals surface area contributed by atoms with E-state index in [4.69, 9.17) is 33.0 Å². The first-order valence-corrected chi connectivity index (χ1v) is 6.65. The molecule has 0 aliphatic heterocycles. The van der Waals surface area contributed by atoms with Crippen LogP contribution in [0.1, 0.15) is 6.92 Å². The van der Waals surface area contributed by atoms with Crippen molar-refractivity contribution < 1.29 is 14.6 Å². The van der Waals surface area contributed by atoms with E-state index in [1.165, 1.54) is 0 Å². The Hall–Kier alpha value is -0.970. The summed E-state index contributed by atoms with van der Waals surface area (Å²) in [6, 6.07) is 5.16. The number of rotatable bonds is 7. The van der Waals surface area contributed by atoms with E-state index in [-0.39, 0.29) is 0 Å². The fourth-order valence-electron chi connectivity index (χ4n) is 1.56. The molecule has 1 unspecified atom stereocenters. The van der Waals surface area contributed by atoms with Crippen LogP contribution in [0.2, 0.25) is 10.0 Å². The summed E-state index contributed by atoms with van der Waals surface area (Å²) >= 11 is 11.9. The van der Waals surface area contributed by atoms with Gasteiger partial charge in [0.25, 0.3) is 0 Å². The van der Waals surface area contributed by atoms with E-state index >= 15 is 0 Å². The minimum Gasteiger partial charge on any atom is -0.489 e. The van der Waals surface area contributed by atoms with Gasteiger partial charge in [-0.15, -0.1) is 0 Å². The van der Waals surface area contributed by atoms with Crippen LogP contribution in [0.25, 0.3) is 0 Å². The quantitative estimate of drug-likeness (QED) is 0.841. The van der Waals surface area contributed by atoms with Crippen molar-refractivity contribution in [3.05, 3.63) is 28.2 Å². The number of para-hydroxylation sites is 1. The molecule has 0 aromatic heterocycles. The summed E-state index contributed by atoms with van der Waals surface area (Å²) in [7, 11) is 1.84. The Morgan fingerprint density at radius 3 is 2.53 bits per heavy atom. The van der Waals surface area contributed by atoms with Gasteiger partial charge in [-0.3, -0.25) is 4.79 Å². The summed E-state index contributed by atoms with van der Waals surface area (Å²) < 4.78 is 5.53. The number of hydrogen-bond donors (Lipinski definition) is 1. The molecule has 0 radical (unpaired) electrons. The van der Waals surface area contributed by atoms with Crippen molar-refractivity contribution in [1.29, 1.82) is 0 Å². The summed E-state index contributed by atoms with van der Waals surface area (Å²) in [5.41, 5.74) is 0. The Morgan fingerprint density at radius 1 is 1.42 bits per heavy atom. The molecule has 6 heteroatoms. The summed E-state index contributed by atoms with van der Waals surface area (Å²) in [4.78, 5) is 12.6. The highest BCUT2D eigenvalue weighted by molar-refractivity contribution is 6.37. The SMILES string of the molecule is CC(CN(C)CCOc1c(Cl)cccc1Cl)C(=O)O. The van der Waals surface area contributed by atoms with Crippen LogP contribution in [0.4, 0.5) is 0 Å². The van der Waals surface area contributed by atoms with Crippen LogP contribution in [0.3, 0.4) is 0 Å². The fourth-order valence-corrected chi connectivity index (χ4v) is 2.07. The van der Waals surface area contributed by atoms with Crippen molar-refractivity contribution in [2.75, 3.05) is 26.7 Å². The zero-order chi connectivity index (χ0) is 14.4. The second kappa shape index (κ2) is 7.58. The molecule has 1 aromatic carbocycles. The zero-order valence-electron chi connectivity index (χ0n) is 10.9. The predicted octanol–water partition coefficient (Wildman–Crippen LogP) is 3.02. The highest BCUT2D eigenvalue weighted by Gasteiger charge is 2.13. The molecule has 4 nitrogen and oxygen atoms in total. The maximum Gasteiger partial charge on any atom is 0.307 e. The Morgan fingerprint density at radius 2 is 2.00 bits per heavy atom. The number of aliphatic carboxylic acids is 1. The van der Waals surface area contributed by atoms with Crippen LogP contribution < -0.4 is 4.74 Å². The molecule has 19 heavy (non-hydrogen) atoms. The zero-order valence-corrected chi connectivity index (χ0v) is 12.4. The maximum atomic E-state index is 10.7. The third-order valence-electron chi connectivity index (χ3n) is 2.65. The molecule has 0 amide bonds. The number of likely N-dealkylation sites (N-methyl/N-ethyl adjacent to an activating group) is 1. The Bertz CT molecular complexity index is 420. The van der Waals surface area contributed by atoms with Crippen molar-refractivity contribution in [3.8, 4) is 5.75 Å². The average Bonchev–Trinajstić information content (AvgIpc) is 2.32. The third kappa shape index (κ3) is 5.27. The number of nitrogens with zero attached hydrogens (tertiary/aromatic N) is 1. The van der Waals surface area contributed by atoms with Gasteiger partial charge in [-0.2, -0.15) is 0 Å². The van der Waals surface area contributed by atoms with Crippen LogP contribution in [0.15, 0.2) is 18.2 Å². The number of ether oxygens (including phenoxy) is 1. The van der Waals surface area contributed by atoms with Gasteiger partial charge < -0.3 is 14.7 Å². The Kier molecular flexibility index (Phi) is 6.42. The first-order chi connectivity index (χ1) is 8.91. The minimum absolute atomic E-state index is 0.395. The molecule has 1 aromatic rings. The van der Waals surface area contributed by atoms with Gasteiger partial charge in [-0.25, -0.2) is 0 Å². The van der Waals surface area contributed by atoms with Gasteiger partial charge >= 0.3 is 5.97 Å². The summed E-state index contributed by atoms with van der Waals surface area (Å²) in [5, 5.41) is 9.75. The van der Waals surface area contributed by atoms with Crippen LogP contribution in [0.5, 0.6) is 5.75 Å². The van der Waals surface area contributed by atoms with E-state index in [2.05, 4.69) is 0 Å². The van der Waals surface area contributed by atoms with Crippen molar-refractivity contribution in [2.45, 2.75) is 6.92 Å². The summed E-state index contributed by atoms with van der Waals surface area (Å²) in [5.74, 6) is -0.749. The standard InChI is InChI=1S/C13H17Cl2NO3/c1-9(13(17)18)8-16(2)6-7-19-12-10(14)4-3-5-11(12)15/h3-5,9H,6-8H2,1-2H3,(H,17,18). The lowest BCUT2D eigenvalue weighted by Crippen LogP contribution is -2.31. The van der Waals surface area contributed by atoms with Gasteiger partial charge in [0.05, 0.1) is 16.0 Å². The van der Waals surface area contributed by atoms with Crippen LogP contribution in [0, 0.1) is 5.92 Å². The largest absolute Gasteiger partial charge is 0.489 e. The lowest BCUT2D eigenvalue weighted by atomic mass is 10.2. The normalized spacial score (nSPS) is 12.5. The van der Waals surface area contributed by atoms with Crippen LogP contribution >= 0.6 is 23.2 Å². The molecule has 1 rings (SSSR count). The highest BCUT2D eigenvalue weighted by atomic mass is 35.5. The van der Waals surface area contributed by atoms with E-state index < -0.39 is 11.9 Å². The molecule has 0 heterocycles. The van der Waals surface area contributed by atoms with Crippen molar-refractivity contribution in [1.82, 2.24) is 4.90 Å². The highest BCUT2D eigenvalue weighted by Crippen LogP contribution is 2.32.